The van der Waals surface area contributed by atoms with E-state index in [-0.39, 0.29) is 0 Å². The summed E-state index contributed by atoms with van der Waals surface area (Å²) >= 11 is 5.63. The molecule has 3 aromatic rings. The Kier molecular flexibility index (Phi) is 3.67. The molecule has 0 fully saturated rings. The zero-order chi connectivity index (χ0) is 14.8. The summed E-state index contributed by atoms with van der Waals surface area (Å²) in [5.41, 5.74) is 5.97. The summed E-state index contributed by atoms with van der Waals surface area (Å²) in [5.74, 6) is 0.827. The number of nitrogens with two attached hydrogens (primary N) is 1. The molecule has 0 aliphatic rings. The highest BCUT2D eigenvalue weighted by atomic mass is 35.5. The van der Waals surface area contributed by atoms with Crippen molar-refractivity contribution in [1.29, 1.82) is 0 Å². The highest BCUT2D eigenvalue weighted by Gasteiger charge is 2.07. The minimum Gasteiger partial charge on any atom is -0.492 e. The lowest BCUT2D eigenvalue weighted by Crippen LogP contribution is -2.11. The van der Waals surface area contributed by atoms with Crippen molar-refractivity contribution in [3.8, 4) is 5.75 Å². The normalized spacial score (nSPS) is 10.9. The van der Waals surface area contributed by atoms with Crippen LogP contribution in [0.25, 0.3) is 21.5 Å². The molecule has 0 bridgehead atoms. The molecule has 0 spiro atoms. The number of halogens is 1. The largest absolute Gasteiger partial charge is 0.492 e. The maximum absolute atomic E-state index is 11.5. The van der Waals surface area contributed by atoms with Gasteiger partial charge >= 0.3 is 0 Å². The molecule has 0 aliphatic heterocycles. The molecule has 0 radical (unpaired) electrons. The lowest BCUT2D eigenvalue weighted by atomic mass is 9.99. The second-order valence-corrected chi connectivity index (χ2v) is 5.17. The third-order valence-electron chi connectivity index (χ3n) is 3.42. The quantitative estimate of drug-likeness (QED) is 0.590. The van der Waals surface area contributed by atoms with E-state index in [1.165, 1.54) is 0 Å². The zero-order valence-electron chi connectivity index (χ0n) is 11.3. The second kappa shape index (κ2) is 5.62. The van der Waals surface area contributed by atoms with Gasteiger partial charge in [-0.2, -0.15) is 0 Å². The summed E-state index contributed by atoms with van der Waals surface area (Å²) in [6.45, 7) is 0.479. The number of hydrogen-bond donors (Lipinski definition) is 1. The molecule has 3 aromatic carbocycles. The third-order valence-corrected chi connectivity index (χ3v) is 3.57. The van der Waals surface area contributed by atoms with Crippen molar-refractivity contribution < 1.29 is 9.53 Å². The van der Waals surface area contributed by atoms with Crippen LogP contribution in [0.15, 0.2) is 48.5 Å². The number of fused-ring (bicyclic) bond motifs is 2. The number of carbonyl (C=O) groups is 1. The monoisotopic (exact) mass is 299 g/mol. The number of primary amides is 1. The van der Waals surface area contributed by atoms with Crippen LogP contribution in [0.1, 0.15) is 10.4 Å². The number of ether oxygens (including phenoxy) is 1. The molecular weight excluding hydrogens is 286 g/mol. The second-order valence-electron chi connectivity index (χ2n) is 4.79. The number of carbonyl (C=O) groups excluding carboxylic acids is 1. The Bertz CT molecular complexity index is 829. The maximum atomic E-state index is 11.5. The molecule has 21 heavy (non-hydrogen) atoms. The Morgan fingerprint density at radius 3 is 2.67 bits per heavy atom. The molecule has 0 heterocycles. The topological polar surface area (TPSA) is 52.3 Å². The van der Waals surface area contributed by atoms with E-state index < -0.39 is 5.91 Å². The van der Waals surface area contributed by atoms with Crippen molar-refractivity contribution in [3.63, 3.8) is 0 Å². The average Bonchev–Trinajstić information content (AvgIpc) is 2.49. The van der Waals surface area contributed by atoms with Gasteiger partial charge in [0.1, 0.15) is 12.4 Å². The van der Waals surface area contributed by atoms with Crippen molar-refractivity contribution >= 4 is 39.1 Å². The van der Waals surface area contributed by atoms with Gasteiger partial charge in [0, 0.05) is 5.56 Å². The van der Waals surface area contributed by atoms with Crippen LogP contribution in [-0.2, 0) is 0 Å². The third kappa shape index (κ3) is 2.65. The van der Waals surface area contributed by atoms with Crippen molar-refractivity contribution in [1.82, 2.24) is 0 Å². The van der Waals surface area contributed by atoms with Crippen LogP contribution < -0.4 is 10.5 Å². The van der Waals surface area contributed by atoms with Gasteiger partial charge in [-0.1, -0.05) is 18.2 Å². The lowest BCUT2D eigenvalue weighted by molar-refractivity contribution is 0.100. The Balaban J connectivity index is 2.18. The van der Waals surface area contributed by atoms with Gasteiger partial charge in [0.25, 0.3) is 0 Å². The van der Waals surface area contributed by atoms with Gasteiger partial charge in [0.05, 0.1) is 5.88 Å². The molecule has 3 rings (SSSR count). The van der Waals surface area contributed by atoms with E-state index in [1.54, 1.807) is 6.07 Å². The fraction of sp³-hybridized carbons (Fsp3) is 0.118. The predicted octanol–water partition coefficient (Wildman–Crippen LogP) is 3.71. The molecule has 0 unspecified atom stereocenters. The van der Waals surface area contributed by atoms with E-state index >= 15 is 0 Å². The summed E-state index contributed by atoms with van der Waals surface area (Å²) in [7, 11) is 0. The molecule has 0 atom stereocenters. The molecule has 2 N–H and O–H groups in total. The molecule has 0 aliphatic carbocycles. The fourth-order valence-corrected chi connectivity index (χ4v) is 2.54. The van der Waals surface area contributed by atoms with E-state index in [1.807, 2.05) is 42.5 Å². The van der Waals surface area contributed by atoms with Crippen LogP contribution in [0.2, 0.25) is 0 Å². The van der Waals surface area contributed by atoms with E-state index in [2.05, 4.69) is 0 Å². The van der Waals surface area contributed by atoms with E-state index in [9.17, 15) is 4.79 Å². The Hall–Kier alpha value is -2.26. The van der Waals surface area contributed by atoms with Crippen LogP contribution in [0.5, 0.6) is 5.75 Å². The van der Waals surface area contributed by atoms with E-state index in [0.717, 1.165) is 27.3 Å². The van der Waals surface area contributed by atoms with Gasteiger partial charge in [-0.05, 0) is 51.9 Å². The number of benzene rings is 3. The van der Waals surface area contributed by atoms with E-state index in [4.69, 9.17) is 22.1 Å². The first-order valence-electron chi connectivity index (χ1n) is 6.64. The predicted molar refractivity (Wildman–Crippen MR) is 86.2 cm³/mol. The smallest absolute Gasteiger partial charge is 0.249 e. The first-order valence-corrected chi connectivity index (χ1v) is 7.17. The number of hydrogen-bond acceptors (Lipinski definition) is 2. The summed E-state index contributed by atoms with van der Waals surface area (Å²) < 4.78 is 5.53. The Morgan fingerprint density at radius 1 is 1.05 bits per heavy atom. The standard InChI is InChI=1S/C17H14ClNO2/c18-6-7-21-14-5-4-11-10-16-12(8-13(11)9-14)2-1-3-15(16)17(19)20/h1-5,8-10H,6-7H2,(H2,19,20). The zero-order valence-corrected chi connectivity index (χ0v) is 12.1. The Morgan fingerprint density at radius 2 is 1.90 bits per heavy atom. The Labute approximate surface area is 127 Å². The lowest BCUT2D eigenvalue weighted by Gasteiger charge is -2.08. The minimum absolute atomic E-state index is 0.415. The van der Waals surface area contributed by atoms with Crippen LogP contribution in [0.4, 0.5) is 0 Å². The highest BCUT2D eigenvalue weighted by molar-refractivity contribution is 6.18. The van der Waals surface area contributed by atoms with Crippen LogP contribution >= 0.6 is 11.6 Å². The minimum atomic E-state index is -0.415. The van der Waals surface area contributed by atoms with Crippen LogP contribution in [-0.4, -0.2) is 18.4 Å². The summed E-state index contributed by atoms with van der Waals surface area (Å²) in [4.78, 5) is 11.5. The van der Waals surface area contributed by atoms with Gasteiger partial charge in [0.15, 0.2) is 0 Å². The van der Waals surface area contributed by atoms with Crippen molar-refractivity contribution in [2.24, 2.45) is 5.73 Å². The van der Waals surface area contributed by atoms with E-state index in [0.29, 0.717) is 18.1 Å². The van der Waals surface area contributed by atoms with Crippen molar-refractivity contribution in [2.45, 2.75) is 0 Å². The molecule has 3 nitrogen and oxygen atoms in total. The summed E-state index contributed by atoms with van der Waals surface area (Å²) in [6, 6.07) is 15.4. The van der Waals surface area contributed by atoms with Gasteiger partial charge in [-0.25, -0.2) is 0 Å². The van der Waals surface area contributed by atoms with Gasteiger partial charge in [0.2, 0.25) is 5.91 Å². The molecule has 106 valence electrons. The van der Waals surface area contributed by atoms with Gasteiger partial charge < -0.3 is 10.5 Å². The van der Waals surface area contributed by atoms with Crippen LogP contribution in [0.3, 0.4) is 0 Å². The van der Waals surface area contributed by atoms with Crippen molar-refractivity contribution in [3.05, 3.63) is 54.1 Å². The molecule has 0 aromatic heterocycles. The van der Waals surface area contributed by atoms with Gasteiger partial charge in [-0.3, -0.25) is 4.79 Å². The highest BCUT2D eigenvalue weighted by Crippen LogP contribution is 2.28. The molecular formula is C17H14ClNO2. The summed E-state index contributed by atoms with van der Waals surface area (Å²) in [6.07, 6.45) is 0. The molecule has 0 saturated carbocycles. The van der Waals surface area contributed by atoms with Crippen LogP contribution in [0, 0.1) is 0 Å². The molecule has 4 heteroatoms. The summed E-state index contributed by atoms with van der Waals surface area (Å²) in [5, 5.41) is 3.94. The number of amides is 1. The first kappa shape index (κ1) is 13.7. The van der Waals surface area contributed by atoms with Gasteiger partial charge in [-0.15, -0.1) is 11.6 Å². The van der Waals surface area contributed by atoms with Crippen molar-refractivity contribution in [2.75, 3.05) is 12.5 Å². The average molecular weight is 300 g/mol. The SMILES string of the molecule is NC(=O)c1cccc2cc3cc(OCCCl)ccc3cc12. The molecule has 1 amide bonds. The number of rotatable bonds is 4. The first-order chi connectivity index (χ1) is 10.2. The fourth-order valence-electron chi connectivity index (χ4n) is 2.46. The maximum Gasteiger partial charge on any atom is 0.249 e. The molecule has 0 saturated heterocycles. The number of alkyl halides is 1.